The van der Waals surface area contributed by atoms with Crippen LogP contribution in [0.4, 0.5) is 0 Å². The lowest BCUT2D eigenvalue weighted by molar-refractivity contribution is -0.0542. The van der Waals surface area contributed by atoms with E-state index >= 15 is 0 Å². The summed E-state index contributed by atoms with van der Waals surface area (Å²) < 4.78 is 0. The first kappa shape index (κ1) is 9.78. The highest BCUT2D eigenvalue weighted by molar-refractivity contribution is 5.10. The Balaban J connectivity index is 1.72. The Kier molecular flexibility index (Phi) is 2.92. The lowest BCUT2D eigenvalue weighted by Gasteiger charge is -2.15. The molecule has 0 aromatic heterocycles. The summed E-state index contributed by atoms with van der Waals surface area (Å²) >= 11 is 0. The zero-order chi connectivity index (χ0) is 9.97. The third-order valence-electron chi connectivity index (χ3n) is 3.22. The van der Waals surface area contributed by atoms with Crippen LogP contribution < -0.4 is 0 Å². The van der Waals surface area contributed by atoms with Crippen LogP contribution in [0.2, 0.25) is 0 Å². The van der Waals surface area contributed by atoms with E-state index in [9.17, 15) is 0 Å². The fourth-order valence-electron chi connectivity index (χ4n) is 2.56. The largest absolute Gasteiger partial charge is 0.415 e. The molecule has 0 heterocycles. The van der Waals surface area contributed by atoms with Crippen molar-refractivity contribution in [3.63, 3.8) is 0 Å². The number of hydrogen-bond donors (Lipinski definition) is 0. The number of nitrogens with zero attached hydrogens (tertiary/aromatic N) is 1. The summed E-state index contributed by atoms with van der Waals surface area (Å²) in [5.74, 6) is 2.60. The molecule has 2 aliphatic carbocycles. The summed E-state index contributed by atoms with van der Waals surface area (Å²) in [6.45, 7) is 0. The van der Waals surface area contributed by atoms with Crippen molar-refractivity contribution in [1.82, 2.24) is 5.06 Å². The van der Waals surface area contributed by atoms with Crippen LogP contribution in [0.5, 0.6) is 0 Å². The molecule has 0 N–H and O–H groups in total. The molecule has 2 bridgehead atoms. The molecular formula is C12H19NO. The van der Waals surface area contributed by atoms with Crippen molar-refractivity contribution in [3.8, 4) is 0 Å². The fourth-order valence-corrected chi connectivity index (χ4v) is 2.56. The van der Waals surface area contributed by atoms with Crippen molar-refractivity contribution in [2.24, 2.45) is 17.8 Å². The van der Waals surface area contributed by atoms with Crippen molar-refractivity contribution in [3.05, 3.63) is 24.5 Å². The smallest absolute Gasteiger partial charge is 0.107 e. The van der Waals surface area contributed by atoms with Crippen LogP contribution in [-0.2, 0) is 4.84 Å². The van der Waals surface area contributed by atoms with E-state index in [0.717, 1.165) is 17.8 Å². The lowest BCUT2D eigenvalue weighted by Crippen LogP contribution is -2.08. The summed E-state index contributed by atoms with van der Waals surface area (Å²) in [5.41, 5.74) is 0. The van der Waals surface area contributed by atoms with E-state index in [0.29, 0.717) is 0 Å². The molecular weight excluding hydrogens is 174 g/mol. The summed E-state index contributed by atoms with van der Waals surface area (Å²) in [6, 6.07) is 0. The van der Waals surface area contributed by atoms with Gasteiger partial charge in [0.2, 0.25) is 0 Å². The average Bonchev–Trinajstić information content (AvgIpc) is 2.73. The minimum Gasteiger partial charge on any atom is -0.415 e. The number of hydrogen-bond acceptors (Lipinski definition) is 2. The zero-order valence-corrected chi connectivity index (χ0v) is 9.02. The summed E-state index contributed by atoms with van der Waals surface area (Å²) in [6.07, 6.45) is 12.7. The Morgan fingerprint density at radius 3 is 2.79 bits per heavy atom. The normalized spacial score (nSPS) is 34.9. The van der Waals surface area contributed by atoms with Gasteiger partial charge in [0.25, 0.3) is 0 Å². The van der Waals surface area contributed by atoms with Gasteiger partial charge in [-0.2, -0.15) is 5.06 Å². The SMILES string of the molecule is CN(C)OC=CCC1CC2C=CC1C2. The number of hydroxylamine groups is 2. The molecule has 2 rings (SSSR count). The van der Waals surface area contributed by atoms with Gasteiger partial charge in [0.05, 0.1) is 0 Å². The van der Waals surface area contributed by atoms with Gasteiger partial charge in [0.1, 0.15) is 6.26 Å². The summed E-state index contributed by atoms with van der Waals surface area (Å²) in [4.78, 5) is 5.22. The first-order valence-electron chi connectivity index (χ1n) is 5.43. The zero-order valence-electron chi connectivity index (χ0n) is 9.02. The van der Waals surface area contributed by atoms with Gasteiger partial charge in [-0.15, -0.1) is 0 Å². The molecule has 2 heteroatoms. The fraction of sp³-hybridized carbons (Fsp3) is 0.667. The van der Waals surface area contributed by atoms with Crippen LogP contribution in [0, 0.1) is 17.8 Å². The maximum Gasteiger partial charge on any atom is 0.107 e. The van der Waals surface area contributed by atoms with Gasteiger partial charge in [-0.25, -0.2) is 0 Å². The number of allylic oxidation sites excluding steroid dienone is 3. The van der Waals surface area contributed by atoms with Gasteiger partial charge < -0.3 is 4.84 Å². The monoisotopic (exact) mass is 193 g/mol. The van der Waals surface area contributed by atoms with Crippen LogP contribution >= 0.6 is 0 Å². The average molecular weight is 193 g/mol. The van der Waals surface area contributed by atoms with Gasteiger partial charge >= 0.3 is 0 Å². The molecule has 0 aromatic carbocycles. The van der Waals surface area contributed by atoms with Crippen molar-refractivity contribution in [2.75, 3.05) is 14.1 Å². The summed E-state index contributed by atoms with van der Waals surface area (Å²) in [7, 11) is 3.79. The molecule has 14 heavy (non-hydrogen) atoms. The number of rotatable bonds is 4. The molecule has 0 aliphatic heterocycles. The van der Waals surface area contributed by atoms with Crippen molar-refractivity contribution < 1.29 is 4.84 Å². The molecule has 78 valence electrons. The van der Waals surface area contributed by atoms with Gasteiger partial charge in [-0.3, -0.25) is 0 Å². The van der Waals surface area contributed by atoms with E-state index in [1.54, 1.807) is 11.3 Å². The maximum absolute atomic E-state index is 5.22. The standard InChI is InChI=1S/C12H19NO/c1-13(2)14-7-3-4-11-8-10-5-6-12(11)9-10/h3,5-7,10-12H,4,8-9H2,1-2H3. The topological polar surface area (TPSA) is 12.5 Å². The first-order chi connectivity index (χ1) is 6.75. The highest BCUT2D eigenvalue weighted by atomic mass is 16.7. The minimum absolute atomic E-state index is 0.851. The second-order valence-corrected chi connectivity index (χ2v) is 4.57. The van der Waals surface area contributed by atoms with E-state index in [2.05, 4.69) is 18.2 Å². The molecule has 3 unspecified atom stereocenters. The predicted molar refractivity (Wildman–Crippen MR) is 57.4 cm³/mol. The second-order valence-electron chi connectivity index (χ2n) is 4.57. The Bertz CT molecular complexity index is 245. The van der Waals surface area contributed by atoms with Crippen LogP contribution in [-0.4, -0.2) is 19.2 Å². The Labute approximate surface area is 86.2 Å². The molecule has 0 aromatic rings. The Morgan fingerprint density at radius 2 is 2.21 bits per heavy atom. The molecule has 3 atom stereocenters. The van der Waals surface area contributed by atoms with E-state index in [1.165, 1.54) is 19.3 Å². The van der Waals surface area contributed by atoms with Gasteiger partial charge in [0, 0.05) is 14.1 Å². The van der Waals surface area contributed by atoms with E-state index in [1.807, 2.05) is 14.1 Å². The van der Waals surface area contributed by atoms with E-state index < -0.39 is 0 Å². The summed E-state index contributed by atoms with van der Waals surface area (Å²) in [5, 5.41) is 1.71. The molecule has 0 radical (unpaired) electrons. The third-order valence-corrected chi connectivity index (χ3v) is 3.22. The third kappa shape index (κ3) is 2.18. The van der Waals surface area contributed by atoms with Crippen LogP contribution in [0.3, 0.4) is 0 Å². The van der Waals surface area contributed by atoms with E-state index in [-0.39, 0.29) is 0 Å². The quantitative estimate of drug-likeness (QED) is 0.386. The van der Waals surface area contributed by atoms with Crippen LogP contribution in [0.25, 0.3) is 0 Å². The highest BCUT2D eigenvalue weighted by Gasteiger charge is 2.34. The molecule has 2 nitrogen and oxygen atoms in total. The van der Waals surface area contributed by atoms with Crippen LogP contribution in [0.1, 0.15) is 19.3 Å². The van der Waals surface area contributed by atoms with Crippen LogP contribution in [0.15, 0.2) is 24.5 Å². The predicted octanol–water partition coefficient (Wildman–Crippen LogP) is 2.60. The molecule has 1 saturated carbocycles. The van der Waals surface area contributed by atoms with E-state index in [4.69, 9.17) is 4.84 Å². The van der Waals surface area contributed by atoms with Crippen molar-refractivity contribution in [2.45, 2.75) is 19.3 Å². The van der Waals surface area contributed by atoms with Crippen molar-refractivity contribution in [1.29, 1.82) is 0 Å². The molecule has 0 amide bonds. The minimum atomic E-state index is 0.851. The second kappa shape index (κ2) is 4.18. The Morgan fingerprint density at radius 1 is 1.36 bits per heavy atom. The highest BCUT2D eigenvalue weighted by Crippen LogP contribution is 2.44. The van der Waals surface area contributed by atoms with Crippen molar-refractivity contribution >= 4 is 0 Å². The number of fused-ring (bicyclic) bond motifs is 2. The molecule has 2 aliphatic rings. The van der Waals surface area contributed by atoms with Gasteiger partial charge in [-0.1, -0.05) is 12.2 Å². The molecule has 0 saturated heterocycles. The molecule has 0 spiro atoms. The molecule has 1 fully saturated rings. The van der Waals surface area contributed by atoms with Gasteiger partial charge in [0.15, 0.2) is 0 Å². The lowest BCUT2D eigenvalue weighted by atomic mass is 9.91. The first-order valence-corrected chi connectivity index (χ1v) is 5.43. The maximum atomic E-state index is 5.22. The van der Waals surface area contributed by atoms with Gasteiger partial charge in [-0.05, 0) is 43.1 Å². The Hall–Kier alpha value is -0.760.